The van der Waals surface area contributed by atoms with Gasteiger partial charge in [0.2, 0.25) is 0 Å². The Morgan fingerprint density at radius 2 is 1.62 bits per heavy atom. The quantitative estimate of drug-likeness (QED) is 0.678. The van der Waals surface area contributed by atoms with Crippen molar-refractivity contribution in [2.45, 2.75) is 0 Å². The van der Waals surface area contributed by atoms with E-state index in [0.717, 1.165) is 10.6 Å². The Bertz CT molecular complexity index is 724. The largest absolute Gasteiger partial charge is 0.282 e. The fraction of sp³-hybridized carbons (Fsp3) is 0. The smallest absolute Gasteiger partial charge is 0.267 e. The molecule has 1 aliphatic rings. The lowest BCUT2D eigenvalue weighted by molar-refractivity contribution is -0.117. The van der Waals surface area contributed by atoms with Crippen LogP contribution in [0.5, 0.6) is 0 Å². The predicted octanol–water partition coefficient (Wildman–Crippen LogP) is 2.29. The van der Waals surface area contributed by atoms with E-state index in [2.05, 4.69) is 5.43 Å². The van der Waals surface area contributed by atoms with Gasteiger partial charge in [-0.1, -0.05) is 30.3 Å². The van der Waals surface area contributed by atoms with Gasteiger partial charge in [0.15, 0.2) is 0 Å². The Hall–Kier alpha value is -2.95. The molecular formula is C16H11FN2O2. The van der Waals surface area contributed by atoms with Crippen LogP contribution in [0.2, 0.25) is 0 Å². The molecular weight excluding hydrogens is 271 g/mol. The average molecular weight is 282 g/mol. The van der Waals surface area contributed by atoms with Crippen LogP contribution in [-0.4, -0.2) is 11.8 Å². The molecule has 1 saturated heterocycles. The van der Waals surface area contributed by atoms with E-state index in [1.54, 1.807) is 12.1 Å². The minimum atomic E-state index is -0.479. The summed E-state index contributed by atoms with van der Waals surface area (Å²) in [6.07, 6.45) is 1.53. The molecule has 0 saturated carbocycles. The number of carbonyl (C=O) groups is 2. The molecule has 0 aliphatic carbocycles. The third-order valence-electron chi connectivity index (χ3n) is 3.09. The molecule has 2 aromatic rings. The molecule has 1 fully saturated rings. The maximum absolute atomic E-state index is 12.9. The van der Waals surface area contributed by atoms with Crippen LogP contribution in [0.1, 0.15) is 5.56 Å². The van der Waals surface area contributed by atoms with E-state index in [1.807, 2.05) is 18.2 Å². The van der Waals surface area contributed by atoms with Crippen LogP contribution in [0.3, 0.4) is 0 Å². The lowest BCUT2D eigenvalue weighted by Crippen LogP contribution is -2.35. The molecule has 0 bridgehead atoms. The highest BCUT2D eigenvalue weighted by Gasteiger charge is 2.34. The maximum Gasteiger partial charge on any atom is 0.282 e. The van der Waals surface area contributed by atoms with Gasteiger partial charge in [-0.3, -0.25) is 15.0 Å². The zero-order valence-corrected chi connectivity index (χ0v) is 10.9. The van der Waals surface area contributed by atoms with E-state index in [-0.39, 0.29) is 5.57 Å². The van der Waals surface area contributed by atoms with Crippen LogP contribution in [-0.2, 0) is 9.59 Å². The summed E-state index contributed by atoms with van der Waals surface area (Å²) in [7, 11) is 0. The van der Waals surface area contributed by atoms with Crippen molar-refractivity contribution in [1.82, 2.24) is 5.43 Å². The second-order valence-corrected chi connectivity index (χ2v) is 4.53. The molecule has 0 aromatic heterocycles. The third kappa shape index (κ3) is 2.53. The number of carbonyl (C=O) groups excluding carboxylic acids is 2. The van der Waals surface area contributed by atoms with Gasteiger partial charge in [-0.05, 0) is 35.9 Å². The number of hydrazine groups is 1. The number of nitrogens with one attached hydrogen (secondary N) is 1. The Labute approximate surface area is 120 Å². The normalized spacial score (nSPS) is 16.4. The van der Waals surface area contributed by atoms with E-state index in [1.165, 1.54) is 30.3 Å². The van der Waals surface area contributed by atoms with E-state index < -0.39 is 17.6 Å². The number of nitrogens with zero attached hydrogens (tertiary/aromatic N) is 1. The fourth-order valence-corrected chi connectivity index (χ4v) is 2.05. The zero-order chi connectivity index (χ0) is 14.8. The lowest BCUT2D eigenvalue weighted by Gasteiger charge is -2.14. The van der Waals surface area contributed by atoms with Gasteiger partial charge in [0.25, 0.3) is 11.8 Å². The second-order valence-electron chi connectivity index (χ2n) is 4.53. The first-order valence-corrected chi connectivity index (χ1v) is 6.33. The SMILES string of the molecule is O=C1NN(c2ccc(F)cc2)C(=O)/C1=C/c1ccccc1. The van der Waals surface area contributed by atoms with Gasteiger partial charge in [0.05, 0.1) is 5.69 Å². The first-order valence-electron chi connectivity index (χ1n) is 6.33. The first kappa shape index (κ1) is 13.1. The number of rotatable bonds is 2. The van der Waals surface area contributed by atoms with Crippen LogP contribution in [0.4, 0.5) is 10.1 Å². The highest BCUT2D eigenvalue weighted by Crippen LogP contribution is 2.21. The summed E-state index contributed by atoms with van der Waals surface area (Å²) >= 11 is 0. The molecule has 0 atom stereocenters. The first-order chi connectivity index (χ1) is 10.1. The number of hydrogen-bond acceptors (Lipinski definition) is 2. The van der Waals surface area contributed by atoms with Gasteiger partial charge in [0, 0.05) is 0 Å². The van der Waals surface area contributed by atoms with E-state index in [9.17, 15) is 14.0 Å². The number of anilines is 1. The predicted molar refractivity (Wildman–Crippen MR) is 76.4 cm³/mol. The molecule has 21 heavy (non-hydrogen) atoms. The van der Waals surface area contributed by atoms with E-state index >= 15 is 0 Å². The van der Waals surface area contributed by atoms with Crippen molar-refractivity contribution in [2.24, 2.45) is 0 Å². The van der Waals surface area contributed by atoms with Crippen molar-refractivity contribution in [2.75, 3.05) is 5.01 Å². The van der Waals surface area contributed by atoms with Gasteiger partial charge in [-0.2, -0.15) is 0 Å². The Kier molecular flexibility index (Phi) is 3.23. The number of benzene rings is 2. The fourth-order valence-electron chi connectivity index (χ4n) is 2.05. The van der Waals surface area contributed by atoms with Crippen LogP contribution in [0.25, 0.3) is 6.08 Å². The molecule has 4 nitrogen and oxygen atoms in total. The highest BCUT2D eigenvalue weighted by molar-refractivity contribution is 6.31. The van der Waals surface area contributed by atoms with Crippen molar-refractivity contribution in [1.29, 1.82) is 0 Å². The van der Waals surface area contributed by atoms with Gasteiger partial charge in [-0.25, -0.2) is 9.40 Å². The van der Waals surface area contributed by atoms with Crippen molar-refractivity contribution in [3.05, 3.63) is 71.6 Å². The van der Waals surface area contributed by atoms with Crippen molar-refractivity contribution in [3.8, 4) is 0 Å². The number of hydrogen-bond donors (Lipinski definition) is 1. The molecule has 0 unspecified atom stereocenters. The van der Waals surface area contributed by atoms with Crippen LogP contribution in [0, 0.1) is 5.82 Å². The Morgan fingerprint density at radius 1 is 0.952 bits per heavy atom. The number of amides is 2. The van der Waals surface area contributed by atoms with Crippen LogP contribution >= 0.6 is 0 Å². The van der Waals surface area contributed by atoms with Gasteiger partial charge in [-0.15, -0.1) is 0 Å². The van der Waals surface area contributed by atoms with E-state index in [4.69, 9.17) is 0 Å². The average Bonchev–Trinajstić information content (AvgIpc) is 2.77. The molecule has 2 amide bonds. The third-order valence-corrected chi connectivity index (χ3v) is 3.09. The van der Waals surface area contributed by atoms with Gasteiger partial charge in [0.1, 0.15) is 11.4 Å². The van der Waals surface area contributed by atoms with Gasteiger partial charge >= 0.3 is 0 Å². The topological polar surface area (TPSA) is 49.4 Å². The van der Waals surface area contributed by atoms with Crippen molar-refractivity contribution >= 4 is 23.6 Å². The summed E-state index contributed by atoms with van der Waals surface area (Å²) in [5, 5.41) is 1.11. The van der Waals surface area contributed by atoms with Gasteiger partial charge < -0.3 is 0 Å². The lowest BCUT2D eigenvalue weighted by atomic mass is 10.1. The molecule has 1 N–H and O–H groups in total. The van der Waals surface area contributed by atoms with E-state index in [0.29, 0.717) is 5.69 Å². The molecule has 1 aliphatic heterocycles. The molecule has 0 spiro atoms. The molecule has 0 radical (unpaired) electrons. The Balaban J connectivity index is 1.92. The monoisotopic (exact) mass is 282 g/mol. The second kappa shape index (κ2) is 5.20. The highest BCUT2D eigenvalue weighted by atomic mass is 19.1. The molecule has 5 heteroatoms. The summed E-state index contributed by atoms with van der Waals surface area (Å²) in [5.41, 5.74) is 3.68. The molecule has 2 aromatic carbocycles. The molecule has 104 valence electrons. The van der Waals surface area contributed by atoms with Crippen molar-refractivity contribution < 1.29 is 14.0 Å². The minimum absolute atomic E-state index is 0.0468. The minimum Gasteiger partial charge on any atom is -0.267 e. The summed E-state index contributed by atoms with van der Waals surface area (Å²) in [4.78, 5) is 24.2. The zero-order valence-electron chi connectivity index (χ0n) is 10.9. The number of halogens is 1. The molecule has 3 rings (SSSR count). The summed E-state index contributed by atoms with van der Waals surface area (Å²) < 4.78 is 12.9. The summed E-state index contributed by atoms with van der Waals surface area (Å²) in [6, 6.07) is 14.4. The maximum atomic E-state index is 12.9. The molecule has 1 heterocycles. The standard InChI is InChI=1S/C16H11FN2O2/c17-12-6-8-13(9-7-12)19-16(21)14(15(20)18-19)10-11-4-2-1-3-5-11/h1-10H,(H,18,20)/b14-10+. The summed E-state index contributed by atoms with van der Waals surface area (Å²) in [5.74, 6) is -1.35. The summed E-state index contributed by atoms with van der Waals surface area (Å²) in [6.45, 7) is 0. The van der Waals surface area contributed by atoms with Crippen LogP contribution in [0.15, 0.2) is 60.2 Å². The Morgan fingerprint density at radius 3 is 2.29 bits per heavy atom. The van der Waals surface area contributed by atoms with Crippen LogP contribution < -0.4 is 10.4 Å². The van der Waals surface area contributed by atoms with Crippen molar-refractivity contribution in [3.63, 3.8) is 0 Å².